The van der Waals surface area contributed by atoms with Crippen molar-refractivity contribution < 1.29 is 14.3 Å². The summed E-state index contributed by atoms with van der Waals surface area (Å²) in [6, 6.07) is 5.13. The van der Waals surface area contributed by atoms with Gasteiger partial charge >= 0.3 is 5.97 Å². The molecule has 2 atom stereocenters. The molecule has 0 saturated carbocycles. The number of carbonyl (C=O) groups is 2. The molecule has 30 heavy (non-hydrogen) atoms. The van der Waals surface area contributed by atoms with Crippen molar-refractivity contribution in [3.8, 4) is 0 Å². The highest BCUT2D eigenvalue weighted by atomic mass is 16.5. The van der Waals surface area contributed by atoms with Gasteiger partial charge in [-0.05, 0) is 64.2 Å². The Hall–Kier alpha value is -2.70. The number of aryl methyl sites for hydroxylation is 1. The molecule has 7 nitrogen and oxygen atoms in total. The van der Waals surface area contributed by atoms with Crippen LogP contribution in [0.2, 0.25) is 0 Å². The van der Waals surface area contributed by atoms with Gasteiger partial charge in [0.05, 0.1) is 16.5 Å². The fraction of sp³-hybridized carbons (Fsp3) is 0.565. The van der Waals surface area contributed by atoms with Crippen LogP contribution in [0.25, 0.3) is 10.9 Å². The minimum Gasteiger partial charge on any atom is -0.452 e. The van der Waals surface area contributed by atoms with Crippen molar-refractivity contribution in [1.29, 1.82) is 0 Å². The van der Waals surface area contributed by atoms with Crippen LogP contribution in [-0.2, 0) is 22.5 Å². The molecule has 1 aromatic heterocycles. The van der Waals surface area contributed by atoms with Crippen molar-refractivity contribution >= 4 is 22.8 Å². The lowest BCUT2D eigenvalue weighted by molar-refractivity contribution is -0.140. The number of carbonyl (C=O) groups excluding carboxylic acids is 2. The second-order valence-corrected chi connectivity index (χ2v) is 8.53. The van der Waals surface area contributed by atoms with Crippen LogP contribution in [0.4, 0.5) is 0 Å². The number of likely N-dealkylation sites (tertiary alicyclic amines) is 1. The maximum atomic E-state index is 12.8. The number of hydrogen-bond acceptors (Lipinski definition) is 5. The normalized spacial score (nSPS) is 21.7. The minimum absolute atomic E-state index is 0.0555. The van der Waals surface area contributed by atoms with E-state index in [1.54, 1.807) is 22.8 Å². The van der Waals surface area contributed by atoms with Crippen LogP contribution < -0.4 is 5.56 Å². The van der Waals surface area contributed by atoms with E-state index in [1.165, 1.54) is 0 Å². The largest absolute Gasteiger partial charge is 0.452 e. The van der Waals surface area contributed by atoms with E-state index in [1.807, 2.05) is 18.7 Å². The Morgan fingerprint density at radius 1 is 1.10 bits per heavy atom. The van der Waals surface area contributed by atoms with E-state index in [-0.39, 0.29) is 30.2 Å². The topological polar surface area (TPSA) is 81.5 Å². The van der Waals surface area contributed by atoms with Crippen molar-refractivity contribution in [3.05, 3.63) is 39.9 Å². The zero-order chi connectivity index (χ0) is 21.3. The average molecular weight is 412 g/mol. The van der Waals surface area contributed by atoms with Crippen LogP contribution >= 0.6 is 0 Å². The Balaban J connectivity index is 1.51. The number of aromatic nitrogens is 2. The van der Waals surface area contributed by atoms with Crippen LogP contribution in [0.3, 0.4) is 0 Å². The second-order valence-electron chi connectivity index (χ2n) is 8.53. The maximum Gasteiger partial charge on any atom is 0.338 e. The van der Waals surface area contributed by atoms with Gasteiger partial charge in [-0.3, -0.25) is 14.2 Å². The summed E-state index contributed by atoms with van der Waals surface area (Å²) in [5, 5.41) is 0.504. The first-order valence-electron chi connectivity index (χ1n) is 11.0. The molecule has 1 aromatic carbocycles. The Morgan fingerprint density at radius 2 is 1.87 bits per heavy atom. The summed E-state index contributed by atoms with van der Waals surface area (Å²) < 4.78 is 7.07. The standard InChI is InChI=1S/C23H29N3O4/c1-15-7-6-8-16(2)26(15)21(27)14-30-23(29)17-10-11-18-19(13-17)24-20-9-4-3-5-12-25(20)22(18)28/h10-11,13,15-16H,3-9,12,14H2,1-2H3/t15-,16+. The van der Waals surface area contributed by atoms with Gasteiger partial charge in [0, 0.05) is 25.0 Å². The van der Waals surface area contributed by atoms with E-state index < -0.39 is 5.97 Å². The summed E-state index contributed by atoms with van der Waals surface area (Å²) in [7, 11) is 0. The van der Waals surface area contributed by atoms with Crippen molar-refractivity contribution in [2.45, 2.75) is 77.4 Å². The molecule has 2 aromatic rings. The Labute approximate surface area is 176 Å². The number of esters is 1. The molecular weight excluding hydrogens is 382 g/mol. The van der Waals surface area contributed by atoms with Crippen molar-refractivity contribution in [1.82, 2.24) is 14.5 Å². The Kier molecular flexibility index (Phi) is 5.88. The third-order valence-electron chi connectivity index (χ3n) is 6.36. The number of benzene rings is 1. The molecule has 160 valence electrons. The smallest absolute Gasteiger partial charge is 0.338 e. The third kappa shape index (κ3) is 3.98. The van der Waals surface area contributed by atoms with E-state index >= 15 is 0 Å². The lowest BCUT2D eigenvalue weighted by Crippen LogP contribution is -2.49. The highest BCUT2D eigenvalue weighted by Crippen LogP contribution is 2.23. The van der Waals surface area contributed by atoms with Crippen LogP contribution in [0, 0.1) is 0 Å². The third-order valence-corrected chi connectivity index (χ3v) is 6.36. The van der Waals surface area contributed by atoms with Crippen LogP contribution in [-0.4, -0.2) is 45.0 Å². The highest BCUT2D eigenvalue weighted by Gasteiger charge is 2.29. The molecular formula is C23H29N3O4. The number of ether oxygens (including phenoxy) is 1. The van der Waals surface area contributed by atoms with Gasteiger partial charge in [-0.15, -0.1) is 0 Å². The predicted molar refractivity (Wildman–Crippen MR) is 113 cm³/mol. The summed E-state index contributed by atoms with van der Waals surface area (Å²) in [5.74, 6) is 0.0451. The molecule has 0 aliphatic carbocycles. The summed E-state index contributed by atoms with van der Waals surface area (Å²) in [5.41, 5.74) is 0.757. The first-order chi connectivity index (χ1) is 14.5. The van der Waals surface area contributed by atoms with E-state index in [0.717, 1.165) is 50.8 Å². The lowest BCUT2D eigenvalue weighted by atomic mass is 9.97. The summed E-state index contributed by atoms with van der Waals surface area (Å²) in [6.07, 6.45) is 6.89. The molecule has 0 bridgehead atoms. The van der Waals surface area contributed by atoms with E-state index in [9.17, 15) is 14.4 Å². The molecule has 7 heteroatoms. The van der Waals surface area contributed by atoms with Gasteiger partial charge in [0.25, 0.3) is 11.5 Å². The maximum absolute atomic E-state index is 12.8. The van der Waals surface area contributed by atoms with Gasteiger partial charge in [-0.1, -0.05) is 6.42 Å². The van der Waals surface area contributed by atoms with Gasteiger partial charge in [0.15, 0.2) is 6.61 Å². The molecule has 0 spiro atoms. The number of piperidine rings is 1. The molecule has 1 saturated heterocycles. The molecule has 2 aliphatic heterocycles. The van der Waals surface area contributed by atoms with Gasteiger partial charge in [-0.25, -0.2) is 9.78 Å². The molecule has 3 heterocycles. The van der Waals surface area contributed by atoms with Gasteiger partial charge < -0.3 is 9.64 Å². The number of amides is 1. The van der Waals surface area contributed by atoms with Gasteiger partial charge in [-0.2, -0.15) is 0 Å². The van der Waals surface area contributed by atoms with Crippen LogP contribution in [0.15, 0.2) is 23.0 Å². The van der Waals surface area contributed by atoms with Gasteiger partial charge in [0.2, 0.25) is 0 Å². The second kappa shape index (κ2) is 8.58. The monoisotopic (exact) mass is 411 g/mol. The zero-order valence-electron chi connectivity index (χ0n) is 17.7. The molecule has 2 aliphatic rings. The predicted octanol–water partition coefficient (Wildman–Crippen LogP) is 3.07. The molecule has 1 fully saturated rings. The molecule has 1 amide bonds. The highest BCUT2D eigenvalue weighted by molar-refractivity contribution is 5.95. The minimum atomic E-state index is -0.570. The summed E-state index contributed by atoms with van der Waals surface area (Å²) in [6.45, 7) is 4.49. The number of nitrogens with zero attached hydrogens (tertiary/aromatic N) is 3. The first-order valence-corrected chi connectivity index (χ1v) is 11.0. The molecule has 0 radical (unpaired) electrons. The quantitative estimate of drug-likeness (QED) is 0.725. The number of hydrogen-bond donors (Lipinski definition) is 0. The Bertz CT molecular complexity index is 1020. The number of fused-ring (bicyclic) bond motifs is 2. The van der Waals surface area contributed by atoms with Crippen LogP contribution in [0.5, 0.6) is 0 Å². The van der Waals surface area contributed by atoms with Crippen LogP contribution in [0.1, 0.15) is 68.6 Å². The molecule has 0 unspecified atom stereocenters. The fourth-order valence-corrected chi connectivity index (χ4v) is 4.74. The Morgan fingerprint density at radius 3 is 2.63 bits per heavy atom. The van der Waals surface area contributed by atoms with E-state index in [0.29, 0.717) is 23.0 Å². The van der Waals surface area contributed by atoms with E-state index in [2.05, 4.69) is 4.98 Å². The lowest BCUT2D eigenvalue weighted by Gasteiger charge is -2.38. The number of rotatable bonds is 3. The van der Waals surface area contributed by atoms with Crippen molar-refractivity contribution in [3.63, 3.8) is 0 Å². The molecule has 0 N–H and O–H groups in total. The molecule has 4 rings (SSSR count). The van der Waals surface area contributed by atoms with E-state index in [4.69, 9.17) is 4.74 Å². The SMILES string of the molecule is C[C@@H]1CCC[C@H](C)N1C(=O)COC(=O)c1ccc2c(=O)n3c(nc2c1)CCCCC3. The summed E-state index contributed by atoms with van der Waals surface area (Å²) >= 11 is 0. The first kappa shape index (κ1) is 20.6. The van der Waals surface area contributed by atoms with Gasteiger partial charge in [0.1, 0.15) is 5.82 Å². The summed E-state index contributed by atoms with van der Waals surface area (Å²) in [4.78, 5) is 44.5. The zero-order valence-corrected chi connectivity index (χ0v) is 17.7. The average Bonchev–Trinajstić information content (AvgIpc) is 2.97. The van der Waals surface area contributed by atoms with Crippen molar-refractivity contribution in [2.24, 2.45) is 0 Å². The van der Waals surface area contributed by atoms with Crippen molar-refractivity contribution in [2.75, 3.05) is 6.61 Å². The fourth-order valence-electron chi connectivity index (χ4n) is 4.74.